The van der Waals surface area contributed by atoms with Crippen LogP contribution in [0, 0.1) is 0 Å². The molecule has 1 amide bonds. The third kappa shape index (κ3) is 2.18. The lowest BCUT2D eigenvalue weighted by molar-refractivity contribution is -0.148. The average Bonchev–Trinajstić information content (AvgIpc) is 2.66. The highest BCUT2D eigenvalue weighted by Crippen LogP contribution is 2.56. The van der Waals surface area contributed by atoms with Crippen LogP contribution in [0.5, 0.6) is 0 Å². The van der Waals surface area contributed by atoms with Gasteiger partial charge in [0, 0.05) is 7.05 Å². The van der Waals surface area contributed by atoms with Crippen molar-refractivity contribution in [1.82, 2.24) is 4.90 Å². The molecular formula is C10H15F2NO4. The second-order valence-corrected chi connectivity index (χ2v) is 5.09. The number of halogens is 2. The number of rotatable bonds is 2. The smallest absolute Gasteiger partial charge is 0.411 e. The summed E-state index contributed by atoms with van der Waals surface area (Å²) >= 11 is 0. The molecule has 5 nitrogen and oxygen atoms in total. The normalized spacial score (nSPS) is 26.2. The number of amides is 1. The van der Waals surface area contributed by atoms with Crippen molar-refractivity contribution in [2.45, 2.75) is 44.3 Å². The lowest BCUT2D eigenvalue weighted by Crippen LogP contribution is -2.50. The maximum atomic E-state index is 13.1. The van der Waals surface area contributed by atoms with Crippen LogP contribution in [0.15, 0.2) is 0 Å². The van der Waals surface area contributed by atoms with Crippen LogP contribution in [0.1, 0.15) is 27.2 Å². The quantitative estimate of drug-likeness (QED) is 0.811. The lowest BCUT2D eigenvalue weighted by atomic mass is 10.2. The van der Waals surface area contributed by atoms with Gasteiger partial charge < -0.3 is 9.84 Å². The summed E-state index contributed by atoms with van der Waals surface area (Å²) in [6, 6.07) is 0. The topological polar surface area (TPSA) is 66.8 Å². The Hall–Kier alpha value is -1.40. The molecule has 1 saturated carbocycles. The first-order valence-corrected chi connectivity index (χ1v) is 5.02. The van der Waals surface area contributed by atoms with E-state index in [-0.39, 0.29) is 0 Å². The summed E-state index contributed by atoms with van der Waals surface area (Å²) in [6.45, 7) is 4.70. The third-order valence-electron chi connectivity index (χ3n) is 2.55. The van der Waals surface area contributed by atoms with Gasteiger partial charge in [-0.3, -0.25) is 4.90 Å². The number of carboxylic acid groups (broad SMARTS) is 1. The van der Waals surface area contributed by atoms with Crippen LogP contribution < -0.4 is 0 Å². The second-order valence-electron chi connectivity index (χ2n) is 5.09. The molecule has 1 atom stereocenters. The number of ether oxygens (including phenoxy) is 1. The summed E-state index contributed by atoms with van der Waals surface area (Å²) in [5, 5.41) is 8.83. The number of aliphatic carboxylic acids is 1. The van der Waals surface area contributed by atoms with E-state index in [1.165, 1.54) is 0 Å². The molecule has 98 valence electrons. The Morgan fingerprint density at radius 1 is 1.35 bits per heavy atom. The van der Waals surface area contributed by atoms with E-state index in [0.29, 0.717) is 4.90 Å². The second kappa shape index (κ2) is 3.54. The molecule has 7 heteroatoms. The first-order valence-electron chi connectivity index (χ1n) is 5.02. The Morgan fingerprint density at radius 3 is 2.00 bits per heavy atom. The number of alkyl halides is 2. The molecule has 1 aliphatic carbocycles. The zero-order chi connectivity index (χ0) is 13.6. The van der Waals surface area contributed by atoms with Gasteiger partial charge in [-0.05, 0) is 20.8 Å². The van der Waals surface area contributed by atoms with Crippen molar-refractivity contribution in [3.63, 3.8) is 0 Å². The van der Waals surface area contributed by atoms with Crippen molar-refractivity contribution < 1.29 is 28.2 Å². The zero-order valence-electron chi connectivity index (χ0n) is 10.1. The Labute approximate surface area is 97.3 Å². The number of hydrogen-bond donors (Lipinski definition) is 1. The molecule has 0 aromatic rings. The fraction of sp³-hybridized carbons (Fsp3) is 0.800. The number of hydrogen-bond acceptors (Lipinski definition) is 3. The number of likely N-dealkylation sites (N-methyl/N-ethyl adjacent to an activating group) is 1. The van der Waals surface area contributed by atoms with Crippen molar-refractivity contribution in [2.24, 2.45) is 0 Å². The standard InChI is InChI=1S/C10H15F2NO4/c1-8(2,3)17-7(16)13(4)9(6(14)15)5-10(9,11)12/h5H2,1-4H3,(H,14,15). The predicted molar refractivity (Wildman–Crippen MR) is 53.9 cm³/mol. The molecular weight excluding hydrogens is 236 g/mol. The molecule has 0 radical (unpaired) electrons. The molecule has 1 rings (SSSR count). The summed E-state index contributed by atoms with van der Waals surface area (Å²) in [6.07, 6.45) is -1.96. The monoisotopic (exact) mass is 251 g/mol. The summed E-state index contributed by atoms with van der Waals surface area (Å²) < 4.78 is 31.1. The minimum absolute atomic E-state index is 0.459. The van der Waals surface area contributed by atoms with E-state index in [9.17, 15) is 18.4 Å². The average molecular weight is 251 g/mol. The van der Waals surface area contributed by atoms with Gasteiger partial charge in [0.15, 0.2) is 0 Å². The van der Waals surface area contributed by atoms with Crippen molar-refractivity contribution in [1.29, 1.82) is 0 Å². The van der Waals surface area contributed by atoms with Crippen molar-refractivity contribution in [3.8, 4) is 0 Å². The fourth-order valence-corrected chi connectivity index (χ4v) is 1.50. The molecule has 0 aromatic carbocycles. The summed E-state index contributed by atoms with van der Waals surface area (Å²) in [5.41, 5.74) is -3.33. The van der Waals surface area contributed by atoms with Crippen LogP contribution in [-0.2, 0) is 9.53 Å². The maximum Gasteiger partial charge on any atom is 0.411 e. The van der Waals surface area contributed by atoms with E-state index in [1.807, 2.05) is 0 Å². The molecule has 0 aromatic heterocycles. The Morgan fingerprint density at radius 2 is 1.76 bits per heavy atom. The van der Waals surface area contributed by atoms with E-state index in [2.05, 4.69) is 0 Å². The molecule has 1 fully saturated rings. The van der Waals surface area contributed by atoms with Gasteiger partial charge in [0.05, 0.1) is 6.42 Å². The van der Waals surface area contributed by atoms with Gasteiger partial charge >= 0.3 is 12.1 Å². The van der Waals surface area contributed by atoms with Crippen molar-refractivity contribution in [2.75, 3.05) is 7.05 Å². The molecule has 0 aliphatic heterocycles. The highest BCUT2D eigenvalue weighted by Gasteiger charge is 2.80. The summed E-state index contributed by atoms with van der Waals surface area (Å²) in [7, 11) is 1.00. The molecule has 1 aliphatic rings. The first-order chi connectivity index (χ1) is 7.44. The molecule has 1 N–H and O–H groups in total. The minimum atomic E-state index is -3.41. The van der Waals surface area contributed by atoms with Crippen LogP contribution >= 0.6 is 0 Å². The number of carbonyl (C=O) groups excluding carboxylic acids is 1. The van der Waals surface area contributed by atoms with Crippen LogP contribution in [0.3, 0.4) is 0 Å². The van der Waals surface area contributed by atoms with Crippen molar-refractivity contribution >= 4 is 12.1 Å². The SMILES string of the molecule is CN(C(=O)OC(C)(C)C)C1(C(=O)O)CC1(F)F. The molecule has 0 heterocycles. The van der Waals surface area contributed by atoms with Crippen LogP contribution in [0.2, 0.25) is 0 Å². The first kappa shape index (κ1) is 13.7. The van der Waals surface area contributed by atoms with Crippen molar-refractivity contribution in [3.05, 3.63) is 0 Å². The maximum absolute atomic E-state index is 13.1. The highest BCUT2D eigenvalue weighted by molar-refractivity contribution is 5.89. The number of carboxylic acids is 1. The Balaban J connectivity index is 2.87. The molecule has 1 unspecified atom stereocenters. The number of nitrogens with zero attached hydrogens (tertiary/aromatic N) is 1. The molecule has 0 spiro atoms. The highest BCUT2D eigenvalue weighted by atomic mass is 19.3. The Kier molecular flexibility index (Phi) is 2.85. The van der Waals surface area contributed by atoms with E-state index in [0.717, 1.165) is 7.05 Å². The van der Waals surface area contributed by atoms with Gasteiger partial charge in [0.2, 0.25) is 5.54 Å². The van der Waals surface area contributed by atoms with Gasteiger partial charge in [0.1, 0.15) is 5.60 Å². The molecule has 0 bridgehead atoms. The van der Waals surface area contributed by atoms with Gasteiger partial charge in [-0.25, -0.2) is 18.4 Å². The third-order valence-corrected chi connectivity index (χ3v) is 2.55. The molecule has 0 saturated heterocycles. The lowest BCUT2D eigenvalue weighted by Gasteiger charge is -2.28. The van der Waals surface area contributed by atoms with Gasteiger partial charge in [-0.1, -0.05) is 0 Å². The number of carbonyl (C=O) groups is 2. The summed E-state index contributed by atoms with van der Waals surface area (Å²) in [4.78, 5) is 22.9. The van der Waals surface area contributed by atoms with E-state index >= 15 is 0 Å². The minimum Gasteiger partial charge on any atom is -0.479 e. The van der Waals surface area contributed by atoms with E-state index in [1.54, 1.807) is 20.8 Å². The van der Waals surface area contributed by atoms with Crippen LogP contribution in [0.4, 0.5) is 13.6 Å². The fourth-order valence-electron chi connectivity index (χ4n) is 1.50. The van der Waals surface area contributed by atoms with Gasteiger partial charge in [0.25, 0.3) is 5.92 Å². The van der Waals surface area contributed by atoms with Gasteiger partial charge in [-0.15, -0.1) is 0 Å². The molecule has 17 heavy (non-hydrogen) atoms. The van der Waals surface area contributed by atoms with Crippen LogP contribution in [0.25, 0.3) is 0 Å². The van der Waals surface area contributed by atoms with E-state index in [4.69, 9.17) is 9.84 Å². The largest absolute Gasteiger partial charge is 0.479 e. The van der Waals surface area contributed by atoms with Crippen LogP contribution in [-0.4, -0.2) is 46.2 Å². The predicted octanol–water partition coefficient (Wildman–Crippen LogP) is 1.72. The summed E-state index contributed by atoms with van der Waals surface area (Å²) in [5.74, 6) is -5.14. The van der Waals surface area contributed by atoms with Gasteiger partial charge in [-0.2, -0.15) is 0 Å². The van der Waals surface area contributed by atoms with E-state index < -0.39 is 35.5 Å². The Bertz CT molecular complexity index is 364. The zero-order valence-corrected chi connectivity index (χ0v) is 10.1.